The Morgan fingerprint density at radius 2 is 1.83 bits per heavy atom. The number of aryl methyl sites for hydroxylation is 2. The molecule has 0 saturated carbocycles. The number of nitrogens with zero attached hydrogens (tertiary/aromatic N) is 1. The summed E-state index contributed by atoms with van der Waals surface area (Å²) in [6, 6.07) is 10.6. The van der Waals surface area contributed by atoms with E-state index in [-0.39, 0.29) is 23.4 Å². The van der Waals surface area contributed by atoms with Crippen molar-refractivity contribution in [2.75, 3.05) is 25.0 Å². The lowest BCUT2D eigenvalue weighted by Gasteiger charge is -2.18. The standard InChI is InChI=1S/C22H28ClN3O3S/c1-15-6-7-16(2)19(12-15)17(3)24-14-22(27)25-21-13-18(8-9-20(21)23)30(28,29)26-10-4-5-11-26/h6-9,12-13,17,24H,4-5,10-11,14H2,1-3H3,(H,25,27)/t17-/m1/s1. The molecule has 8 heteroatoms. The maximum absolute atomic E-state index is 12.8. The number of amides is 1. The van der Waals surface area contributed by atoms with E-state index in [1.807, 2.05) is 20.8 Å². The summed E-state index contributed by atoms with van der Waals surface area (Å²) in [5.41, 5.74) is 3.75. The second-order valence-corrected chi connectivity index (χ2v) is 10.1. The Morgan fingerprint density at radius 3 is 2.53 bits per heavy atom. The highest BCUT2D eigenvalue weighted by Gasteiger charge is 2.27. The van der Waals surface area contributed by atoms with Crippen LogP contribution < -0.4 is 10.6 Å². The van der Waals surface area contributed by atoms with Crippen LogP contribution in [0.3, 0.4) is 0 Å². The maximum Gasteiger partial charge on any atom is 0.243 e. The first-order valence-electron chi connectivity index (χ1n) is 10.1. The zero-order chi connectivity index (χ0) is 21.9. The van der Waals surface area contributed by atoms with Crippen LogP contribution in [0.1, 0.15) is 42.5 Å². The van der Waals surface area contributed by atoms with E-state index in [9.17, 15) is 13.2 Å². The normalized spacial score (nSPS) is 15.9. The lowest BCUT2D eigenvalue weighted by Crippen LogP contribution is -2.31. The fraction of sp³-hybridized carbons (Fsp3) is 0.409. The van der Waals surface area contributed by atoms with E-state index in [4.69, 9.17) is 11.6 Å². The second kappa shape index (κ2) is 9.47. The number of halogens is 1. The number of benzene rings is 2. The summed E-state index contributed by atoms with van der Waals surface area (Å²) in [4.78, 5) is 12.6. The van der Waals surface area contributed by atoms with Gasteiger partial charge in [-0.15, -0.1) is 0 Å². The molecule has 30 heavy (non-hydrogen) atoms. The lowest BCUT2D eigenvalue weighted by molar-refractivity contribution is -0.115. The first kappa shape index (κ1) is 22.7. The van der Waals surface area contributed by atoms with Gasteiger partial charge in [-0.25, -0.2) is 8.42 Å². The third-order valence-corrected chi connectivity index (χ3v) is 7.61. The second-order valence-electron chi connectivity index (χ2n) is 7.76. The number of carbonyl (C=O) groups is 1. The van der Waals surface area contributed by atoms with Gasteiger partial charge in [-0.2, -0.15) is 4.31 Å². The minimum absolute atomic E-state index is 0.00648. The first-order valence-corrected chi connectivity index (χ1v) is 11.9. The molecule has 1 atom stereocenters. The van der Waals surface area contributed by atoms with Crippen LogP contribution in [-0.2, 0) is 14.8 Å². The van der Waals surface area contributed by atoms with Gasteiger partial charge in [0, 0.05) is 19.1 Å². The Kier molecular flexibility index (Phi) is 7.18. The lowest BCUT2D eigenvalue weighted by atomic mass is 10.00. The Labute approximate surface area is 183 Å². The fourth-order valence-electron chi connectivity index (χ4n) is 3.61. The van der Waals surface area contributed by atoms with Crippen molar-refractivity contribution >= 4 is 33.2 Å². The van der Waals surface area contributed by atoms with Crippen molar-refractivity contribution in [1.29, 1.82) is 0 Å². The number of nitrogens with one attached hydrogen (secondary N) is 2. The minimum atomic E-state index is -3.58. The van der Waals surface area contributed by atoms with Crippen LogP contribution >= 0.6 is 11.6 Å². The van der Waals surface area contributed by atoms with E-state index in [0.717, 1.165) is 29.5 Å². The van der Waals surface area contributed by atoms with Crippen molar-refractivity contribution in [2.24, 2.45) is 0 Å². The molecule has 3 rings (SSSR count). The molecule has 6 nitrogen and oxygen atoms in total. The average Bonchev–Trinajstić information content (AvgIpc) is 3.25. The van der Waals surface area contributed by atoms with Crippen LogP contribution in [0.5, 0.6) is 0 Å². The third-order valence-electron chi connectivity index (χ3n) is 5.38. The van der Waals surface area contributed by atoms with Crippen molar-refractivity contribution in [2.45, 2.75) is 44.6 Å². The summed E-state index contributed by atoms with van der Waals surface area (Å²) < 4.78 is 27.0. The van der Waals surface area contributed by atoms with Crippen molar-refractivity contribution in [3.63, 3.8) is 0 Å². The van der Waals surface area contributed by atoms with E-state index in [1.54, 1.807) is 0 Å². The number of hydrogen-bond donors (Lipinski definition) is 2. The van der Waals surface area contributed by atoms with Gasteiger partial charge < -0.3 is 10.6 Å². The highest BCUT2D eigenvalue weighted by Crippen LogP contribution is 2.28. The maximum atomic E-state index is 12.8. The monoisotopic (exact) mass is 449 g/mol. The van der Waals surface area contributed by atoms with Gasteiger partial charge in [0.2, 0.25) is 15.9 Å². The van der Waals surface area contributed by atoms with Gasteiger partial charge in [-0.05, 0) is 62.9 Å². The molecule has 2 aromatic rings. The van der Waals surface area contributed by atoms with Crippen molar-refractivity contribution < 1.29 is 13.2 Å². The van der Waals surface area contributed by atoms with Crippen LogP contribution in [0.2, 0.25) is 5.02 Å². The number of rotatable bonds is 7. The Morgan fingerprint density at radius 1 is 1.13 bits per heavy atom. The quantitative estimate of drug-likeness (QED) is 0.668. The smallest absolute Gasteiger partial charge is 0.243 e. The molecule has 1 fully saturated rings. The molecule has 0 aliphatic carbocycles. The molecule has 0 unspecified atom stereocenters. The van der Waals surface area contributed by atoms with Crippen LogP contribution in [0.4, 0.5) is 5.69 Å². The zero-order valence-corrected chi connectivity index (χ0v) is 19.1. The molecule has 162 valence electrons. The molecule has 2 aromatic carbocycles. The average molecular weight is 450 g/mol. The van der Waals surface area contributed by atoms with Crippen molar-refractivity contribution in [3.8, 4) is 0 Å². The van der Waals surface area contributed by atoms with Crippen LogP contribution in [-0.4, -0.2) is 38.3 Å². The number of hydrogen-bond acceptors (Lipinski definition) is 4. The molecule has 1 heterocycles. The van der Waals surface area contributed by atoms with E-state index in [1.165, 1.54) is 22.5 Å². The van der Waals surface area contributed by atoms with Gasteiger partial charge in [0.1, 0.15) is 0 Å². The molecular weight excluding hydrogens is 422 g/mol. The summed E-state index contributed by atoms with van der Waals surface area (Å²) in [6.07, 6.45) is 1.72. The Balaban J connectivity index is 1.67. The molecule has 0 spiro atoms. The fourth-order valence-corrected chi connectivity index (χ4v) is 5.32. The molecule has 1 saturated heterocycles. The Hall–Kier alpha value is -1.93. The molecule has 1 aliphatic heterocycles. The molecule has 1 amide bonds. The van der Waals surface area contributed by atoms with Crippen LogP contribution in [0, 0.1) is 13.8 Å². The van der Waals surface area contributed by atoms with E-state index < -0.39 is 10.0 Å². The number of carbonyl (C=O) groups excluding carboxylic acids is 1. The summed E-state index contributed by atoms with van der Waals surface area (Å²) in [7, 11) is -3.58. The SMILES string of the molecule is Cc1ccc(C)c([C@@H](C)NCC(=O)Nc2cc(S(=O)(=O)N3CCCC3)ccc2Cl)c1. The molecule has 0 radical (unpaired) electrons. The molecule has 0 bridgehead atoms. The predicted molar refractivity (Wildman–Crippen MR) is 120 cm³/mol. The number of sulfonamides is 1. The third kappa shape index (κ3) is 5.21. The van der Waals surface area contributed by atoms with Gasteiger partial charge in [-0.1, -0.05) is 35.4 Å². The summed E-state index contributed by atoms with van der Waals surface area (Å²) in [6.45, 7) is 7.20. The van der Waals surface area contributed by atoms with Gasteiger partial charge in [-0.3, -0.25) is 4.79 Å². The topological polar surface area (TPSA) is 78.5 Å². The molecule has 0 aromatic heterocycles. The zero-order valence-electron chi connectivity index (χ0n) is 17.5. The predicted octanol–water partition coefficient (Wildman–Crippen LogP) is 4.03. The van der Waals surface area contributed by atoms with E-state index in [0.29, 0.717) is 23.8 Å². The number of anilines is 1. The molecule has 2 N–H and O–H groups in total. The highest BCUT2D eigenvalue weighted by atomic mass is 35.5. The van der Waals surface area contributed by atoms with Gasteiger partial charge in [0.05, 0.1) is 22.2 Å². The summed E-state index contributed by atoms with van der Waals surface area (Å²) in [5, 5.41) is 6.24. The van der Waals surface area contributed by atoms with Gasteiger partial charge >= 0.3 is 0 Å². The van der Waals surface area contributed by atoms with Crippen LogP contribution in [0.25, 0.3) is 0 Å². The summed E-state index contributed by atoms with van der Waals surface area (Å²) in [5.74, 6) is -0.287. The van der Waals surface area contributed by atoms with Crippen molar-refractivity contribution in [3.05, 3.63) is 58.1 Å². The largest absolute Gasteiger partial charge is 0.324 e. The molecular formula is C22H28ClN3O3S. The van der Waals surface area contributed by atoms with Gasteiger partial charge in [0.25, 0.3) is 0 Å². The first-order chi connectivity index (χ1) is 14.2. The van der Waals surface area contributed by atoms with Crippen LogP contribution in [0.15, 0.2) is 41.3 Å². The van der Waals surface area contributed by atoms with Crippen molar-refractivity contribution in [1.82, 2.24) is 9.62 Å². The van der Waals surface area contributed by atoms with Gasteiger partial charge in [0.15, 0.2) is 0 Å². The highest BCUT2D eigenvalue weighted by molar-refractivity contribution is 7.89. The minimum Gasteiger partial charge on any atom is -0.324 e. The summed E-state index contributed by atoms with van der Waals surface area (Å²) >= 11 is 6.20. The van der Waals surface area contributed by atoms with E-state index in [2.05, 4.69) is 28.8 Å². The van der Waals surface area contributed by atoms with E-state index >= 15 is 0 Å². The molecule has 1 aliphatic rings. The Bertz CT molecular complexity index is 1030.